The molecule has 0 bridgehead atoms. The van der Waals surface area contributed by atoms with Crippen molar-refractivity contribution in [1.82, 2.24) is 9.38 Å². The van der Waals surface area contributed by atoms with Crippen molar-refractivity contribution in [2.24, 2.45) is 5.41 Å². The minimum Gasteiger partial charge on any atom is -0.396 e. The summed E-state index contributed by atoms with van der Waals surface area (Å²) >= 11 is 0. The van der Waals surface area contributed by atoms with Crippen molar-refractivity contribution in [3.8, 4) is 0 Å². The lowest BCUT2D eigenvalue weighted by molar-refractivity contribution is 0.114. The lowest BCUT2D eigenvalue weighted by Gasteiger charge is -2.40. The van der Waals surface area contributed by atoms with Crippen molar-refractivity contribution in [3.05, 3.63) is 41.5 Å². The highest BCUT2D eigenvalue weighted by Crippen LogP contribution is 2.39. The molecule has 5 rings (SSSR count). The van der Waals surface area contributed by atoms with E-state index in [0.717, 1.165) is 37.1 Å². The average molecular weight is 335 g/mol. The van der Waals surface area contributed by atoms with Crippen LogP contribution >= 0.6 is 0 Å². The summed E-state index contributed by atoms with van der Waals surface area (Å²) in [4.78, 5) is 7.43. The Morgan fingerprint density at radius 3 is 2.76 bits per heavy atom. The summed E-state index contributed by atoms with van der Waals surface area (Å²) in [6.07, 6.45) is 5.67. The molecule has 1 aliphatic heterocycles. The van der Waals surface area contributed by atoms with Gasteiger partial charge in [-0.25, -0.2) is 4.98 Å². The molecular formula is C21H25N3O. The molecule has 4 heteroatoms. The lowest BCUT2D eigenvalue weighted by atomic mass is 9.81. The quantitative estimate of drug-likeness (QED) is 0.778. The van der Waals surface area contributed by atoms with E-state index >= 15 is 0 Å². The molecule has 130 valence electrons. The van der Waals surface area contributed by atoms with Gasteiger partial charge in [0.05, 0.1) is 11.0 Å². The molecule has 4 nitrogen and oxygen atoms in total. The second kappa shape index (κ2) is 5.46. The van der Waals surface area contributed by atoms with Crippen LogP contribution in [0.4, 0.5) is 5.82 Å². The Morgan fingerprint density at radius 2 is 1.96 bits per heavy atom. The van der Waals surface area contributed by atoms with Crippen molar-refractivity contribution in [1.29, 1.82) is 0 Å². The minimum absolute atomic E-state index is 0.0740. The number of rotatable bonds is 2. The molecule has 1 fully saturated rings. The fourth-order valence-corrected chi connectivity index (χ4v) is 4.59. The molecule has 1 N–H and O–H groups in total. The van der Waals surface area contributed by atoms with Crippen LogP contribution in [-0.4, -0.2) is 34.2 Å². The molecule has 2 aromatic heterocycles. The summed E-state index contributed by atoms with van der Waals surface area (Å²) in [6, 6.07) is 10.8. The number of aromatic nitrogens is 2. The Labute approximate surface area is 148 Å². The van der Waals surface area contributed by atoms with E-state index in [1.54, 1.807) is 0 Å². The number of aryl methyl sites for hydroxylation is 1. The molecule has 1 saturated heterocycles. The van der Waals surface area contributed by atoms with Gasteiger partial charge in [0.15, 0.2) is 0 Å². The van der Waals surface area contributed by atoms with E-state index in [1.807, 2.05) is 0 Å². The van der Waals surface area contributed by atoms with Gasteiger partial charge in [0, 0.05) is 19.7 Å². The topological polar surface area (TPSA) is 40.8 Å². The number of benzene rings is 1. The number of fused-ring (bicyclic) bond motifs is 4. The van der Waals surface area contributed by atoms with E-state index in [2.05, 4.69) is 46.6 Å². The molecule has 0 atom stereocenters. The van der Waals surface area contributed by atoms with Crippen molar-refractivity contribution in [3.63, 3.8) is 0 Å². The van der Waals surface area contributed by atoms with Crippen LogP contribution in [0, 0.1) is 5.41 Å². The number of piperidine rings is 1. The average Bonchev–Trinajstić information content (AvgIpc) is 3.24. The van der Waals surface area contributed by atoms with Crippen LogP contribution in [0.3, 0.4) is 0 Å². The molecular weight excluding hydrogens is 310 g/mol. The number of hydrogen-bond acceptors (Lipinski definition) is 3. The summed E-state index contributed by atoms with van der Waals surface area (Å²) in [5, 5.41) is 9.71. The lowest BCUT2D eigenvalue weighted by Crippen LogP contribution is -2.41. The number of para-hydroxylation sites is 2. The Kier molecular flexibility index (Phi) is 3.32. The van der Waals surface area contributed by atoms with Crippen LogP contribution in [0.15, 0.2) is 30.3 Å². The zero-order chi connectivity index (χ0) is 17.0. The minimum atomic E-state index is 0.0740. The molecule has 0 spiro atoms. The maximum atomic E-state index is 9.71. The van der Waals surface area contributed by atoms with Crippen LogP contribution in [-0.2, 0) is 12.8 Å². The van der Waals surface area contributed by atoms with Gasteiger partial charge in [-0.1, -0.05) is 19.1 Å². The van der Waals surface area contributed by atoms with Crippen LogP contribution < -0.4 is 4.90 Å². The van der Waals surface area contributed by atoms with Gasteiger partial charge in [0.2, 0.25) is 0 Å². The monoisotopic (exact) mass is 335 g/mol. The highest BCUT2D eigenvalue weighted by Gasteiger charge is 2.32. The number of imidazole rings is 1. The molecule has 0 amide bonds. The van der Waals surface area contributed by atoms with Crippen LogP contribution in [0.2, 0.25) is 0 Å². The summed E-state index contributed by atoms with van der Waals surface area (Å²) in [6.45, 7) is 4.52. The van der Waals surface area contributed by atoms with Gasteiger partial charge in [-0.2, -0.15) is 0 Å². The number of aliphatic hydroxyl groups excluding tert-OH is 1. The molecule has 0 unspecified atom stereocenters. The number of nitrogens with zero attached hydrogens (tertiary/aromatic N) is 3. The summed E-state index contributed by atoms with van der Waals surface area (Å²) in [5.41, 5.74) is 6.43. The smallest absolute Gasteiger partial charge is 0.139 e. The standard InChI is InChI=1S/C21H25N3O/c1-21(14-25)9-11-23(12-10-21)20-16-6-4-5-15(16)13-19-22-17-7-2-3-8-18(17)24(19)20/h2-3,7-8,13,25H,4-6,9-12,14H2,1H3. The Hall–Kier alpha value is -2.07. The van der Waals surface area contributed by atoms with Gasteiger partial charge >= 0.3 is 0 Å². The van der Waals surface area contributed by atoms with Crippen LogP contribution in [0.5, 0.6) is 0 Å². The van der Waals surface area contributed by atoms with E-state index in [1.165, 1.54) is 41.7 Å². The molecule has 2 aliphatic rings. The predicted octanol–water partition coefficient (Wildman–Crippen LogP) is 3.58. The Balaban J connectivity index is 1.71. The van der Waals surface area contributed by atoms with Gasteiger partial charge in [0.1, 0.15) is 11.5 Å². The first kappa shape index (κ1) is 15.2. The van der Waals surface area contributed by atoms with Crippen molar-refractivity contribution >= 4 is 22.5 Å². The molecule has 0 radical (unpaired) electrons. The zero-order valence-electron chi connectivity index (χ0n) is 14.8. The molecule has 3 heterocycles. The summed E-state index contributed by atoms with van der Waals surface area (Å²) in [5.74, 6) is 1.36. The first-order chi connectivity index (χ1) is 12.2. The third-order valence-electron chi connectivity index (χ3n) is 6.28. The third-order valence-corrected chi connectivity index (χ3v) is 6.28. The highest BCUT2D eigenvalue weighted by atomic mass is 16.3. The van der Waals surface area contributed by atoms with E-state index in [0.29, 0.717) is 0 Å². The number of anilines is 1. The maximum Gasteiger partial charge on any atom is 0.139 e. The SMILES string of the molecule is CC1(CO)CCN(c2c3c(cc4nc5ccccc5n24)CCC3)CC1. The predicted molar refractivity (Wildman–Crippen MR) is 101 cm³/mol. The summed E-state index contributed by atoms with van der Waals surface area (Å²) in [7, 11) is 0. The maximum absolute atomic E-state index is 9.71. The van der Waals surface area contributed by atoms with Gasteiger partial charge in [-0.15, -0.1) is 0 Å². The normalized spacial score (nSPS) is 19.7. The Morgan fingerprint density at radius 1 is 1.16 bits per heavy atom. The first-order valence-electron chi connectivity index (χ1n) is 9.46. The van der Waals surface area contributed by atoms with E-state index in [9.17, 15) is 5.11 Å². The molecule has 1 aliphatic carbocycles. The van der Waals surface area contributed by atoms with Gasteiger partial charge in [-0.3, -0.25) is 4.40 Å². The van der Waals surface area contributed by atoms with Gasteiger partial charge in [-0.05, 0) is 66.8 Å². The second-order valence-electron chi connectivity index (χ2n) is 8.08. The van der Waals surface area contributed by atoms with Crippen molar-refractivity contribution < 1.29 is 5.11 Å². The zero-order valence-corrected chi connectivity index (χ0v) is 14.8. The molecule has 0 saturated carbocycles. The van der Waals surface area contributed by atoms with Gasteiger partial charge in [0.25, 0.3) is 0 Å². The van der Waals surface area contributed by atoms with Crippen molar-refractivity contribution in [2.75, 3.05) is 24.6 Å². The third kappa shape index (κ3) is 2.27. The fraction of sp³-hybridized carbons (Fsp3) is 0.476. The number of hydrogen-bond donors (Lipinski definition) is 1. The van der Waals surface area contributed by atoms with Crippen LogP contribution in [0.1, 0.15) is 37.3 Å². The number of aliphatic hydroxyl groups is 1. The molecule has 25 heavy (non-hydrogen) atoms. The first-order valence-corrected chi connectivity index (χ1v) is 9.46. The number of pyridine rings is 1. The largest absolute Gasteiger partial charge is 0.396 e. The fourth-order valence-electron chi connectivity index (χ4n) is 4.59. The van der Waals surface area contributed by atoms with E-state index in [4.69, 9.17) is 4.98 Å². The Bertz CT molecular complexity index is 951. The van der Waals surface area contributed by atoms with Crippen LogP contribution in [0.25, 0.3) is 16.7 Å². The highest BCUT2D eigenvalue weighted by molar-refractivity contribution is 5.84. The van der Waals surface area contributed by atoms with E-state index in [-0.39, 0.29) is 12.0 Å². The second-order valence-corrected chi connectivity index (χ2v) is 8.08. The molecule has 1 aromatic carbocycles. The van der Waals surface area contributed by atoms with E-state index < -0.39 is 0 Å². The van der Waals surface area contributed by atoms with Gasteiger partial charge < -0.3 is 10.0 Å². The molecule has 3 aromatic rings. The van der Waals surface area contributed by atoms with Crippen molar-refractivity contribution in [2.45, 2.75) is 39.0 Å². The summed E-state index contributed by atoms with van der Waals surface area (Å²) < 4.78 is 2.38.